The van der Waals surface area contributed by atoms with Gasteiger partial charge in [-0.1, -0.05) is 0 Å². The normalized spacial score (nSPS) is 8.40. The maximum absolute atomic E-state index is 11.4. The molecule has 86 valence electrons. The summed E-state index contributed by atoms with van der Waals surface area (Å²) in [5.41, 5.74) is 0.374. The van der Waals surface area contributed by atoms with Crippen molar-refractivity contribution in [2.45, 2.75) is 0 Å². The summed E-state index contributed by atoms with van der Waals surface area (Å²) in [6, 6.07) is 3.45. The predicted octanol–water partition coefficient (Wildman–Crippen LogP) is 1.34. The fraction of sp³-hybridized carbons (Fsp3) is 0.333. The number of hydrogen-bond donors (Lipinski definition) is 1. The fourth-order valence-electron chi connectivity index (χ4n) is 1.01. The minimum Gasteiger partial charge on any atom is -0.494 e. The molecule has 1 N–H and O–H groups in total. The largest absolute Gasteiger partial charge is 0.494 e. The maximum atomic E-state index is 11.4. The average Bonchev–Trinajstić information content (AvgIpc) is 2.18. The summed E-state index contributed by atoms with van der Waals surface area (Å²) in [5.74, 6) is 0.447. The number of Topliss-reactive ketones (excluding diaryl/α,β-unsaturated/α-hetero) is 1. The first-order valence-corrected chi connectivity index (χ1v) is 3.96. The topological polar surface area (TPSA) is 51.2 Å². The van der Waals surface area contributed by atoms with Crippen LogP contribution in [-0.2, 0) is 0 Å². The average molecular weight is 253 g/mol. The van der Waals surface area contributed by atoms with Crippen LogP contribution >= 0.6 is 24.8 Å². The molecule has 0 radical (unpaired) electrons. The Morgan fingerprint density at radius 2 is 2.20 bits per heavy atom. The molecule has 0 spiro atoms. The van der Waals surface area contributed by atoms with Crippen LogP contribution in [0.2, 0.25) is 0 Å². The molecule has 1 heterocycles. The Balaban J connectivity index is 0. The highest BCUT2D eigenvalue weighted by Crippen LogP contribution is 2.14. The highest BCUT2D eigenvalue weighted by molar-refractivity contribution is 5.98. The number of pyridine rings is 1. The minimum atomic E-state index is -0.0695. The quantitative estimate of drug-likeness (QED) is 0.822. The molecule has 0 bridgehead atoms. The van der Waals surface area contributed by atoms with Crippen LogP contribution in [0.1, 0.15) is 10.5 Å². The van der Waals surface area contributed by atoms with E-state index in [0.717, 1.165) is 0 Å². The van der Waals surface area contributed by atoms with Crippen molar-refractivity contribution < 1.29 is 9.53 Å². The molecule has 0 unspecified atom stereocenters. The van der Waals surface area contributed by atoms with Crippen LogP contribution in [0, 0.1) is 0 Å². The lowest BCUT2D eigenvalue weighted by molar-refractivity contribution is 0.0985. The zero-order valence-electron chi connectivity index (χ0n) is 8.52. The monoisotopic (exact) mass is 252 g/mol. The number of rotatable bonds is 4. The molecule has 1 rings (SSSR count). The summed E-state index contributed by atoms with van der Waals surface area (Å²) in [5, 5.41) is 2.77. The second-order valence-corrected chi connectivity index (χ2v) is 2.51. The van der Waals surface area contributed by atoms with E-state index >= 15 is 0 Å². The molecule has 6 heteroatoms. The second-order valence-electron chi connectivity index (χ2n) is 2.51. The van der Waals surface area contributed by atoms with Gasteiger partial charge < -0.3 is 10.1 Å². The molecule has 0 atom stereocenters. The van der Waals surface area contributed by atoms with E-state index in [4.69, 9.17) is 4.74 Å². The van der Waals surface area contributed by atoms with Gasteiger partial charge in [0.1, 0.15) is 11.4 Å². The SMILES string of the molecule is CNCC(=O)c1ncccc1OC.Cl.Cl. The number of ketones is 1. The Kier molecular flexibility index (Phi) is 9.36. The first kappa shape index (κ1) is 16.6. The van der Waals surface area contributed by atoms with Crippen molar-refractivity contribution in [3.63, 3.8) is 0 Å². The number of likely N-dealkylation sites (N-methyl/N-ethyl adjacent to an activating group) is 1. The summed E-state index contributed by atoms with van der Waals surface area (Å²) in [7, 11) is 3.24. The summed E-state index contributed by atoms with van der Waals surface area (Å²) in [6.45, 7) is 0.271. The van der Waals surface area contributed by atoms with Crippen molar-refractivity contribution in [1.82, 2.24) is 10.3 Å². The van der Waals surface area contributed by atoms with E-state index in [-0.39, 0.29) is 37.1 Å². The molecule has 1 aromatic heterocycles. The standard InChI is InChI=1S/C9H12N2O2.2ClH/c1-10-6-7(12)9-8(13-2)4-3-5-11-9;;/h3-5,10H,6H2,1-2H3;2*1H. The van der Waals surface area contributed by atoms with Crippen LogP contribution in [0.4, 0.5) is 0 Å². The zero-order valence-corrected chi connectivity index (χ0v) is 10.2. The third-order valence-electron chi connectivity index (χ3n) is 1.59. The first-order valence-electron chi connectivity index (χ1n) is 3.96. The van der Waals surface area contributed by atoms with Crippen molar-refractivity contribution >= 4 is 30.6 Å². The van der Waals surface area contributed by atoms with Crippen molar-refractivity contribution in [1.29, 1.82) is 0 Å². The number of methoxy groups -OCH3 is 1. The minimum absolute atomic E-state index is 0. The highest BCUT2D eigenvalue weighted by atomic mass is 35.5. The molecule has 1 aromatic rings. The molecule has 0 aliphatic heterocycles. The van der Waals surface area contributed by atoms with Crippen molar-refractivity contribution in [2.75, 3.05) is 20.7 Å². The van der Waals surface area contributed by atoms with Gasteiger partial charge >= 0.3 is 0 Å². The van der Waals surface area contributed by atoms with Gasteiger partial charge in [-0.15, -0.1) is 24.8 Å². The lowest BCUT2D eigenvalue weighted by Crippen LogP contribution is -2.20. The van der Waals surface area contributed by atoms with Crippen molar-refractivity contribution in [3.8, 4) is 5.75 Å². The van der Waals surface area contributed by atoms with Gasteiger partial charge in [0.25, 0.3) is 0 Å². The van der Waals surface area contributed by atoms with Gasteiger partial charge in [-0.2, -0.15) is 0 Å². The van der Waals surface area contributed by atoms with E-state index in [0.29, 0.717) is 11.4 Å². The van der Waals surface area contributed by atoms with Crippen LogP contribution in [0.25, 0.3) is 0 Å². The highest BCUT2D eigenvalue weighted by Gasteiger charge is 2.11. The van der Waals surface area contributed by atoms with Crippen LogP contribution in [0.15, 0.2) is 18.3 Å². The number of carbonyl (C=O) groups excluding carboxylic acids is 1. The van der Waals surface area contributed by atoms with Gasteiger partial charge in [0.15, 0.2) is 5.78 Å². The molecule has 0 fully saturated rings. The Morgan fingerprint density at radius 1 is 1.53 bits per heavy atom. The van der Waals surface area contributed by atoms with E-state index in [1.165, 1.54) is 7.11 Å². The van der Waals surface area contributed by atoms with Crippen LogP contribution in [0.5, 0.6) is 5.75 Å². The van der Waals surface area contributed by atoms with E-state index in [9.17, 15) is 4.79 Å². The molecule has 0 saturated heterocycles. The number of aromatic nitrogens is 1. The van der Waals surface area contributed by atoms with Gasteiger partial charge in [0, 0.05) is 6.20 Å². The van der Waals surface area contributed by atoms with Crippen LogP contribution in [0.3, 0.4) is 0 Å². The third kappa shape index (κ3) is 4.46. The van der Waals surface area contributed by atoms with Crippen LogP contribution < -0.4 is 10.1 Å². The van der Waals surface area contributed by atoms with E-state index in [1.807, 2.05) is 0 Å². The number of ether oxygens (including phenoxy) is 1. The lowest BCUT2D eigenvalue weighted by atomic mass is 10.2. The Bertz CT molecular complexity index is 308. The molecular weight excluding hydrogens is 239 g/mol. The van der Waals surface area contributed by atoms with Crippen molar-refractivity contribution in [3.05, 3.63) is 24.0 Å². The van der Waals surface area contributed by atoms with E-state index in [2.05, 4.69) is 10.3 Å². The fourth-order valence-corrected chi connectivity index (χ4v) is 1.01. The molecular formula is C9H14Cl2N2O2. The van der Waals surface area contributed by atoms with E-state index in [1.54, 1.807) is 25.4 Å². The van der Waals surface area contributed by atoms with Gasteiger partial charge in [0.2, 0.25) is 0 Å². The van der Waals surface area contributed by atoms with Crippen molar-refractivity contribution in [2.24, 2.45) is 0 Å². The summed E-state index contributed by atoms with van der Waals surface area (Å²) >= 11 is 0. The number of carbonyl (C=O) groups is 1. The number of halogens is 2. The Hall–Kier alpha value is -0.840. The third-order valence-corrected chi connectivity index (χ3v) is 1.59. The molecule has 0 saturated carbocycles. The molecule has 0 amide bonds. The molecule has 0 aromatic carbocycles. The number of hydrogen-bond acceptors (Lipinski definition) is 4. The lowest BCUT2D eigenvalue weighted by Gasteiger charge is -2.04. The summed E-state index contributed by atoms with van der Waals surface area (Å²) in [4.78, 5) is 15.4. The summed E-state index contributed by atoms with van der Waals surface area (Å²) in [6.07, 6.45) is 1.57. The first-order chi connectivity index (χ1) is 6.29. The van der Waals surface area contributed by atoms with Gasteiger partial charge in [-0.05, 0) is 19.2 Å². The van der Waals surface area contributed by atoms with Gasteiger partial charge in [-0.25, -0.2) is 4.98 Å². The predicted molar refractivity (Wildman–Crippen MR) is 63.5 cm³/mol. The van der Waals surface area contributed by atoms with Gasteiger partial charge in [-0.3, -0.25) is 4.79 Å². The molecule has 0 aliphatic rings. The van der Waals surface area contributed by atoms with Crippen LogP contribution in [-0.4, -0.2) is 31.5 Å². The molecule has 4 nitrogen and oxygen atoms in total. The Labute approximate surface area is 101 Å². The Morgan fingerprint density at radius 3 is 2.73 bits per heavy atom. The number of nitrogens with one attached hydrogen (secondary N) is 1. The molecule has 0 aliphatic carbocycles. The smallest absolute Gasteiger partial charge is 0.198 e. The van der Waals surface area contributed by atoms with Gasteiger partial charge in [0.05, 0.1) is 13.7 Å². The summed E-state index contributed by atoms with van der Waals surface area (Å²) < 4.78 is 5.00. The molecule has 15 heavy (non-hydrogen) atoms. The zero-order chi connectivity index (χ0) is 9.68. The van der Waals surface area contributed by atoms with E-state index < -0.39 is 0 Å². The maximum Gasteiger partial charge on any atom is 0.198 e. The second kappa shape index (κ2) is 8.47. The number of nitrogens with zero attached hydrogens (tertiary/aromatic N) is 1.